The zero-order valence-electron chi connectivity index (χ0n) is 9.35. The summed E-state index contributed by atoms with van der Waals surface area (Å²) in [5.41, 5.74) is 8.69. The van der Waals surface area contributed by atoms with Crippen molar-refractivity contribution < 1.29 is 0 Å². The fourth-order valence-electron chi connectivity index (χ4n) is 1.40. The first kappa shape index (κ1) is 12.4. The number of nitrogen functional groups attached to an aromatic ring is 1. The zero-order valence-corrected chi connectivity index (χ0v) is 11.8. The largest absolute Gasteiger partial charge is 0.399 e. The highest BCUT2D eigenvalue weighted by Gasteiger charge is 2.01. The van der Waals surface area contributed by atoms with Crippen molar-refractivity contribution in [1.29, 1.82) is 0 Å². The molecular weight excluding hydrogens is 298 g/mol. The molecule has 0 aliphatic heterocycles. The summed E-state index contributed by atoms with van der Waals surface area (Å²) in [6.07, 6.45) is 1.78. The predicted octanol–water partition coefficient (Wildman–Crippen LogP) is 3.42. The minimum absolute atomic E-state index is 0.764. The lowest BCUT2D eigenvalue weighted by atomic mass is 10.2. The van der Waals surface area contributed by atoms with Crippen LogP contribution in [0.25, 0.3) is 0 Å². The summed E-state index contributed by atoms with van der Waals surface area (Å²) < 4.78 is 0.998. The molecule has 17 heavy (non-hydrogen) atoms. The summed E-state index contributed by atoms with van der Waals surface area (Å²) >= 11 is 5.04. The van der Waals surface area contributed by atoms with Crippen LogP contribution >= 0.6 is 27.7 Å². The number of nitrogens with two attached hydrogens (primary N) is 1. The van der Waals surface area contributed by atoms with Crippen molar-refractivity contribution in [1.82, 2.24) is 9.97 Å². The monoisotopic (exact) mass is 309 g/mol. The van der Waals surface area contributed by atoms with E-state index in [1.165, 1.54) is 0 Å². The average Bonchev–Trinajstić information content (AvgIpc) is 2.25. The molecule has 0 spiro atoms. The van der Waals surface area contributed by atoms with Gasteiger partial charge in [-0.05, 0) is 36.8 Å². The number of aromatic nitrogens is 2. The van der Waals surface area contributed by atoms with Gasteiger partial charge in [0, 0.05) is 27.8 Å². The lowest BCUT2D eigenvalue weighted by Crippen LogP contribution is -1.91. The third kappa shape index (κ3) is 3.71. The van der Waals surface area contributed by atoms with E-state index < -0.39 is 0 Å². The van der Waals surface area contributed by atoms with E-state index in [1.807, 2.05) is 25.1 Å². The van der Waals surface area contributed by atoms with E-state index in [1.54, 1.807) is 18.0 Å². The van der Waals surface area contributed by atoms with Gasteiger partial charge in [0.2, 0.25) is 0 Å². The molecule has 1 aromatic carbocycles. The van der Waals surface area contributed by atoms with Gasteiger partial charge in [-0.2, -0.15) is 0 Å². The second-order valence-electron chi connectivity index (χ2n) is 3.66. The maximum atomic E-state index is 5.78. The first-order valence-electron chi connectivity index (χ1n) is 5.11. The van der Waals surface area contributed by atoms with Gasteiger partial charge in [0.15, 0.2) is 5.16 Å². The Kier molecular flexibility index (Phi) is 4.02. The third-order valence-electron chi connectivity index (χ3n) is 2.12. The number of nitrogens with zero attached hydrogens (tertiary/aromatic N) is 2. The first-order valence-corrected chi connectivity index (χ1v) is 6.89. The Morgan fingerprint density at radius 2 is 2.18 bits per heavy atom. The number of aryl methyl sites for hydroxylation is 1. The highest BCUT2D eigenvalue weighted by molar-refractivity contribution is 9.10. The van der Waals surface area contributed by atoms with Crippen molar-refractivity contribution in [2.45, 2.75) is 17.8 Å². The lowest BCUT2D eigenvalue weighted by molar-refractivity contribution is 0.932. The number of hydrogen-bond acceptors (Lipinski definition) is 4. The normalized spacial score (nSPS) is 10.5. The fraction of sp³-hybridized carbons (Fsp3) is 0.167. The van der Waals surface area contributed by atoms with Crippen LogP contribution in [0.5, 0.6) is 0 Å². The summed E-state index contributed by atoms with van der Waals surface area (Å²) in [5.74, 6) is 0.813. The maximum absolute atomic E-state index is 5.78. The van der Waals surface area contributed by atoms with Crippen molar-refractivity contribution in [2.75, 3.05) is 5.73 Å². The van der Waals surface area contributed by atoms with Crippen molar-refractivity contribution in [3.05, 3.63) is 46.2 Å². The molecule has 1 aromatic heterocycles. The van der Waals surface area contributed by atoms with E-state index >= 15 is 0 Å². The molecule has 0 saturated carbocycles. The Morgan fingerprint density at radius 3 is 2.88 bits per heavy atom. The molecule has 0 unspecified atom stereocenters. The third-order valence-corrected chi connectivity index (χ3v) is 3.51. The second kappa shape index (κ2) is 5.51. The number of anilines is 1. The van der Waals surface area contributed by atoms with Crippen LogP contribution < -0.4 is 5.73 Å². The van der Waals surface area contributed by atoms with E-state index in [0.717, 1.165) is 32.3 Å². The van der Waals surface area contributed by atoms with Crippen molar-refractivity contribution in [3.63, 3.8) is 0 Å². The standard InChI is InChI=1S/C12H12BrN3S/c1-8-2-3-15-12(16-8)17-7-9-4-10(13)6-11(14)5-9/h2-6H,7,14H2,1H3. The van der Waals surface area contributed by atoms with E-state index in [4.69, 9.17) is 5.73 Å². The molecule has 0 aliphatic carbocycles. The molecule has 2 rings (SSSR count). The van der Waals surface area contributed by atoms with Gasteiger partial charge in [-0.1, -0.05) is 27.7 Å². The predicted molar refractivity (Wildman–Crippen MR) is 74.9 cm³/mol. The molecule has 1 heterocycles. The van der Waals surface area contributed by atoms with Crippen LogP contribution in [0, 0.1) is 6.92 Å². The summed E-state index contributed by atoms with van der Waals surface area (Å²) in [6, 6.07) is 7.80. The van der Waals surface area contributed by atoms with E-state index in [-0.39, 0.29) is 0 Å². The molecule has 0 fully saturated rings. The van der Waals surface area contributed by atoms with Crippen molar-refractivity contribution in [2.24, 2.45) is 0 Å². The molecule has 3 nitrogen and oxygen atoms in total. The van der Waals surface area contributed by atoms with Crippen molar-refractivity contribution >= 4 is 33.4 Å². The van der Waals surface area contributed by atoms with Crippen LogP contribution in [0.4, 0.5) is 5.69 Å². The van der Waals surface area contributed by atoms with Crippen LogP contribution in [-0.4, -0.2) is 9.97 Å². The topological polar surface area (TPSA) is 51.8 Å². The van der Waals surface area contributed by atoms with Gasteiger partial charge in [-0.25, -0.2) is 9.97 Å². The van der Waals surface area contributed by atoms with Crippen molar-refractivity contribution in [3.8, 4) is 0 Å². The fourth-order valence-corrected chi connectivity index (χ4v) is 2.77. The Hall–Kier alpha value is -1.07. The molecule has 0 radical (unpaired) electrons. The Morgan fingerprint density at radius 1 is 1.35 bits per heavy atom. The first-order chi connectivity index (χ1) is 8.13. The highest BCUT2D eigenvalue weighted by atomic mass is 79.9. The van der Waals surface area contributed by atoms with Crippen LogP contribution in [-0.2, 0) is 5.75 Å². The number of benzene rings is 1. The van der Waals surface area contributed by atoms with Gasteiger partial charge < -0.3 is 5.73 Å². The summed E-state index contributed by atoms with van der Waals surface area (Å²) in [5, 5.41) is 0.795. The highest BCUT2D eigenvalue weighted by Crippen LogP contribution is 2.23. The molecule has 0 saturated heterocycles. The van der Waals surface area contributed by atoms with Gasteiger partial charge in [-0.15, -0.1) is 0 Å². The molecule has 0 aliphatic rings. The number of hydrogen-bond donors (Lipinski definition) is 1. The van der Waals surface area contributed by atoms with Gasteiger partial charge in [0.25, 0.3) is 0 Å². The van der Waals surface area contributed by atoms with Gasteiger partial charge in [-0.3, -0.25) is 0 Å². The Labute approximate surface area is 113 Å². The van der Waals surface area contributed by atoms with Gasteiger partial charge in [0.05, 0.1) is 0 Å². The minimum Gasteiger partial charge on any atom is -0.399 e. The molecule has 2 aromatic rings. The Balaban J connectivity index is 2.07. The van der Waals surface area contributed by atoms with E-state index in [2.05, 4.69) is 32.0 Å². The van der Waals surface area contributed by atoms with Gasteiger partial charge in [0.1, 0.15) is 0 Å². The molecule has 0 atom stereocenters. The maximum Gasteiger partial charge on any atom is 0.188 e. The van der Waals surface area contributed by atoms with Crippen LogP contribution in [0.2, 0.25) is 0 Å². The molecule has 5 heteroatoms. The smallest absolute Gasteiger partial charge is 0.188 e. The van der Waals surface area contributed by atoms with E-state index in [9.17, 15) is 0 Å². The molecule has 0 bridgehead atoms. The summed E-state index contributed by atoms with van der Waals surface area (Å²) in [7, 11) is 0. The zero-order chi connectivity index (χ0) is 12.3. The van der Waals surface area contributed by atoms with Crippen LogP contribution in [0.3, 0.4) is 0 Å². The van der Waals surface area contributed by atoms with Gasteiger partial charge >= 0.3 is 0 Å². The molecule has 2 N–H and O–H groups in total. The lowest BCUT2D eigenvalue weighted by Gasteiger charge is -2.03. The number of halogens is 1. The van der Waals surface area contributed by atoms with Crippen LogP contribution in [0.1, 0.15) is 11.3 Å². The summed E-state index contributed by atoms with van der Waals surface area (Å²) in [6.45, 7) is 1.96. The van der Waals surface area contributed by atoms with Crippen LogP contribution in [0.15, 0.2) is 40.1 Å². The summed E-state index contributed by atoms with van der Waals surface area (Å²) in [4.78, 5) is 8.55. The number of rotatable bonds is 3. The number of thioether (sulfide) groups is 1. The molecular formula is C12H12BrN3S. The SMILES string of the molecule is Cc1ccnc(SCc2cc(N)cc(Br)c2)n1. The molecule has 88 valence electrons. The molecule has 0 amide bonds. The second-order valence-corrected chi connectivity index (χ2v) is 5.52. The average molecular weight is 310 g/mol. The quantitative estimate of drug-likeness (QED) is 0.536. The van der Waals surface area contributed by atoms with E-state index in [0.29, 0.717) is 0 Å². The minimum atomic E-state index is 0.764. The Bertz CT molecular complexity index is 511.